The van der Waals surface area contributed by atoms with Gasteiger partial charge in [-0.25, -0.2) is 13.2 Å². The third-order valence-electron chi connectivity index (χ3n) is 4.08. The topological polar surface area (TPSA) is 78.5 Å². The van der Waals surface area contributed by atoms with Crippen molar-refractivity contribution in [2.24, 2.45) is 5.92 Å². The molecule has 3 amide bonds. The normalized spacial score (nSPS) is 15.3. The van der Waals surface area contributed by atoms with Gasteiger partial charge in [0.05, 0.1) is 12.2 Å². The highest BCUT2D eigenvalue weighted by atomic mass is 19.2. The second kappa shape index (κ2) is 8.20. The molecule has 1 aromatic carbocycles. The largest absolute Gasteiger partial charge is 0.345 e. The Morgan fingerprint density at radius 2 is 1.88 bits per heavy atom. The minimum absolute atomic E-state index is 0.118. The number of carbonyl (C=O) groups excluding carboxylic acids is 3. The van der Waals surface area contributed by atoms with Gasteiger partial charge < -0.3 is 15.5 Å². The van der Waals surface area contributed by atoms with Crippen LogP contribution >= 0.6 is 0 Å². The van der Waals surface area contributed by atoms with E-state index in [4.69, 9.17) is 0 Å². The van der Waals surface area contributed by atoms with E-state index in [1.54, 1.807) is 13.8 Å². The fourth-order valence-corrected chi connectivity index (χ4v) is 2.86. The molecule has 1 aromatic rings. The lowest BCUT2D eigenvalue weighted by molar-refractivity contribution is -0.139. The maximum Gasteiger partial charge on any atom is 0.243 e. The second-order valence-electron chi connectivity index (χ2n) is 6.37. The summed E-state index contributed by atoms with van der Waals surface area (Å²) in [6.07, 6.45) is 1.05. The van der Waals surface area contributed by atoms with Gasteiger partial charge in [0.1, 0.15) is 6.04 Å². The maximum atomic E-state index is 13.5. The molecule has 1 aliphatic rings. The lowest BCUT2D eigenvalue weighted by atomic mass is 10.0. The highest BCUT2D eigenvalue weighted by molar-refractivity contribution is 5.96. The van der Waals surface area contributed by atoms with E-state index in [1.807, 2.05) is 0 Å². The molecule has 142 valence electrons. The summed E-state index contributed by atoms with van der Waals surface area (Å²) in [7, 11) is 0. The summed E-state index contributed by atoms with van der Waals surface area (Å²) in [6.45, 7) is 3.54. The Hall–Kier alpha value is -2.58. The Balaban J connectivity index is 1.96. The van der Waals surface area contributed by atoms with Crippen LogP contribution in [-0.4, -0.2) is 41.8 Å². The molecule has 26 heavy (non-hydrogen) atoms. The summed E-state index contributed by atoms with van der Waals surface area (Å²) in [5, 5.41) is 4.46. The number of hydrogen-bond donors (Lipinski definition) is 2. The smallest absolute Gasteiger partial charge is 0.243 e. The van der Waals surface area contributed by atoms with Gasteiger partial charge in [-0.3, -0.25) is 14.4 Å². The van der Waals surface area contributed by atoms with Gasteiger partial charge in [-0.15, -0.1) is 0 Å². The number of amides is 3. The van der Waals surface area contributed by atoms with E-state index >= 15 is 0 Å². The summed E-state index contributed by atoms with van der Waals surface area (Å²) in [5.41, 5.74) is -0.529. The molecule has 0 bridgehead atoms. The zero-order valence-corrected chi connectivity index (χ0v) is 14.4. The van der Waals surface area contributed by atoms with Crippen LogP contribution in [0.15, 0.2) is 12.1 Å². The first-order chi connectivity index (χ1) is 12.2. The average Bonchev–Trinajstić information content (AvgIpc) is 2.99. The Bertz CT molecular complexity index is 725. The van der Waals surface area contributed by atoms with Gasteiger partial charge in [0.15, 0.2) is 17.5 Å². The summed E-state index contributed by atoms with van der Waals surface area (Å²) in [5.74, 6) is -6.18. The molecule has 1 saturated heterocycles. The number of halogens is 3. The van der Waals surface area contributed by atoms with Crippen molar-refractivity contribution in [3.05, 3.63) is 29.6 Å². The molecule has 1 unspecified atom stereocenters. The van der Waals surface area contributed by atoms with E-state index in [9.17, 15) is 27.6 Å². The van der Waals surface area contributed by atoms with Crippen molar-refractivity contribution in [2.75, 3.05) is 18.4 Å². The summed E-state index contributed by atoms with van der Waals surface area (Å²) in [6, 6.07) is 0.853. The Morgan fingerprint density at radius 3 is 2.46 bits per heavy atom. The van der Waals surface area contributed by atoms with Crippen molar-refractivity contribution >= 4 is 23.4 Å². The number of anilines is 1. The van der Waals surface area contributed by atoms with Crippen molar-refractivity contribution in [1.29, 1.82) is 0 Å². The van der Waals surface area contributed by atoms with Crippen LogP contribution in [-0.2, 0) is 14.4 Å². The van der Waals surface area contributed by atoms with Crippen LogP contribution in [0.3, 0.4) is 0 Å². The van der Waals surface area contributed by atoms with Crippen LogP contribution in [0.5, 0.6) is 0 Å². The van der Waals surface area contributed by atoms with Crippen LogP contribution in [0.2, 0.25) is 0 Å². The molecule has 1 atom stereocenters. The van der Waals surface area contributed by atoms with Gasteiger partial charge in [-0.1, -0.05) is 13.8 Å². The molecule has 0 spiro atoms. The van der Waals surface area contributed by atoms with E-state index in [2.05, 4.69) is 10.6 Å². The monoisotopic (exact) mass is 371 g/mol. The van der Waals surface area contributed by atoms with E-state index in [1.165, 1.54) is 4.90 Å². The molecule has 1 heterocycles. The molecule has 0 saturated carbocycles. The van der Waals surface area contributed by atoms with Gasteiger partial charge in [0, 0.05) is 13.0 Å². The van der Waals surface area contributed by atoms with Gasteiger partial charge in [-0.05, 0) is 24.5 Å². The Labute approximate surface area is 148 Å². The van der Waals surface area contributed by atoms with Gasteiger partial charge in [0.2, 0.25) is 17.7 Å². The first kappa shape index (κ1) is 19.7. The van der Waals surface area contributed by atoms with E-state index in [0.29, 0.717) is 25.5 Å². The lowest BCUT2D eigenvalue weighted by Gasteiger charge is -2.29. The van der Waals surface area contributed by atoms with Crippen LogP contribution in [0.4, 0.5) is 18.9 Å². The van der Waals surface area contributed by atoms with Crippen molar-refractivity contribution in [1.82, 2.24) is 10.2 Å². The number of likely N-dealkylation sites (tertiary alicyclic amines) is 1. The number of nitrogens with one attached hydrogen (secondary N) is 2. The predicted molar refractivity (Wildman–Crippen MR) is 87.5 cm³/mol. The SMILES string of the molecule is CC(C)C(C(=O)NCC(=O)Nc1ccc(F)c(F)c1F)N1CCCC1=O. The van der Waals surface area contributed by atoms with Crippen LogP contribution < -0.4 is 10.6 Å². The lowest BCUT2D eigenvalue weighted by Crippen LogP contribution is -2.51. The molecule has 1 aliphatic heterocycles. The zero-order valence-electron chi connectivity index (χ0n) is 14.4. The minimum Gasteiger partial charge on any atom is -0.345 e. The average molecular weight is 371 g/mol. The van der Waals surface area contributed by atoms with Gasteiger partial charge >= 0.3 is 0 Å². The number of carbonyl (C=O) groups is 3. The first-order valence-corrected chi connectivity index (χ1v) is 8.23. The van der Waals surface area contributed by atoms with Gasteiger partial charge in [0.25, 0.3) is 0 Å². The van der Waals surface area contributed by atoms with Crippen molar-refractivity contribution < 1.29 is 27.6 Å². The molecule has 2 N–H and O–H groups in total. The Morgan fingerprint density at radius 1 is 1.19 bits per heavy atom. The van der Waals surface area contributed by atoms with Crippen molar-refractivity contribution in [3.63, 3.8) is 0 Å². The highest BCUT2D eigenvalue weighted by Gasteiger charge is 2.34. The van der Waals surface area contributed by atoms with Crippen LogP contribution in [0.25, 0.3) is 0 Å². The summed E-state index contributed by atoms with van der Waals surface area (Å²) >= 11 is 0. The number of benzene rings is 1. The molecule has 0 aliphatic carbocycles. The molecular weight excluding hydrogens is 351 g/mol. The summed E-state index contributed by atoms with van der Waals surface area (Å²) < 4.78 is 39.6. The first-order valence-electron chi connectivity index (χ1n) is 8.23. The number of nitrogens with zero attached hydrogens (tertiary/aromatic N) is 1. The third-order valence-corrected chi connectivity index (χ3v) is 4.08. The van der Waals surface area contributed by atoms with Crippen molar-refractivity contribution in [2.45, 2.75) is 32.7 Å². The molecule has 0 radical (unpaired) electrons. The van der Waals surface area contributed by atoms with Gasteiger partial charge in [-0.2, -0.15) is 0 Å². The minimum atomic E-state index is -1.70. The van der Waals surface area contributed by atoms with E-state index < -0.39 is 47.5 Å². The Kier molecular flexibility index (Phi) is 6.23. The van der Waals surface area contributed by atoms with Crippen LogP contribution in [0, 0.1) is 23.4 Å². The predicted octanol–water partition coefficient (Wildman–Crippen LogP) is 1.81. The zero-order chi connectivity index (χ0) is 19.4. The highest BCUT2D eigenvalue weighted by Crippen LogP contribution is 2.20. The summed E-state index contributed by atoms with van der Waals surface area (Å²) in [4.78, 5) is 37.6. The molecule has 2 rings (SSSR count). The van der Waals surface area contributed by atoms with E-state index in [-0.39, 0.29) is 11.8 Å². The molecule has 9 heteroatoms. The standard InChI is InChI=1S/C17H20F3N3O3/c1-9(2)16(23-7-3-4-13(23)25)17(26)21-8-12(24)22-11-6-5-10(18)14(19)15(11)20/h5-6,9,16H,3-4,7-8H2,1-2H3,(H,21,26)(H,22,24). The molecule has 1 fully saturated rings. The third kappa shape index (κ3) is 4.33. The number of hydrogen-bond acceptors (Lipinski definition) is 3. The van der Waals surface area contributed by atoms with Crippen LogP contribution in [0.1, 0.15) is 26.7 Å². The molecule has 6 nitrogen and oxygen atoms in total. The van der Waals surface area contributed by atoms with Crippen molar-refractivity contribution in [3.8, 4) is 0 Å². The second-order valence-corrected chi connectivity index (χ2v) is 6.37. The fraction of sp³-hybridized carbons (Fsp3) is 0.471. The quantitative estimate of drug-likeness (QED) is 0.749. The fourth-order valence-electron chi connectivity index (χ4n) is 2.86. The molecular formula is C17H20F3N3O3. The molecule has 0 aromatic heterocycles. The van der Waals surface area contributed by atoms with E-state index in [0.717, 1.165) is 6.07 Å². The number of rotatable bonds is 6. The maximum absolute atomic E-state index is 13.5.